The third-order valence-corrected chi connectivity index (χ3v) is 2.97. The van der Waals surface area contributed by atoms with Crippen LogP contribution in [0.3, 0.4) is 0 Å². The van der Waals surface area contributed by atoms with Gasteiger partial charge in [0.25, 0.3) is 0 Å². The molecule has 4 heteroatoms. The molecule has 1 rings (SSSR count). The average Bonchev–Trinajstić information content (AvgIpc) is 2.14. The summed E-state index contributed by atoms with van der Waals surface area (Å²) < 4.78 is 5.31. The molecule has 0 bridgehead atoms. The number of carbonyl (C=O) groups is 1. The van der Waals surface area contributed by atoms with Crippen molar-refractivity contribution in [1.29, 1.82) is 0 Å². The van der Waals surface area contributed by atoms with Crippen LogP contribution in [-0.2, 0) is 9.53 Å². The quantitative estimate of drug-likeness (QED) is 0.764. The summed E-state index contributed by atoms with van der Waals surface area (Å²) in [5.41, 5.74) is -0.437. The van der Waals surface area contributed by atoms with E-state index in [1.165, 1.54) is 0 Å². The fourth-order valence-corrected chi connectivity index (χ4v) is 2.30. The van der Waals surface area contributed by atoms with Gasteiger partial charge < -0.3 is 9.84 Å². The highest BCUT2D eigenvalue weighted by Gasteiger charge is 2.29. The molecule has 0 spiro atoms. The monoisotopic (exact) mass is 243 g/mol. The maximum atomic E-state index is 11.7. The van der Waals surface area contributed by atoms with Gasteiger partial charge in [0.1, 0.15) is 5.60 Å². The van der Waals surface area contributed by atoms with Crippen molar-refractivity contribution in [3.05, 3.63) is 0 Å². The molecule has 0 amide bonds. The van der Waals surface area contributed by atoms with Crippen LogP contribution in [0.25, 0.3) is 0 Å². The van der Waals surface area contributed by atoms with Crippen LogP contribution in [0.15, 0.2) is 0 Å². The van der Waals surface area contributed by atoms with Gasteiger partial charge in [0.15, 0.2) is 0 Å². The SMILES string of the molecule is CC(O)C1CCCCN1CC(=O)OC(C)(C)C. The number of piperidine rings is 1. The Balaban J connectivity index is 2.50. The maximum absolute atomic E-state index is 11.7. The van der Waals surface area contributed by atoms with Crippen LogP contribution < -0.4 is 0 Å². The van der Waals surface area contributed by atoms with Crippen LogP contribution in [0.1, 0.15) is 47.0 Å². The van der Waals surface area contributed by atoms with Gasteiger partial charge in [-0.3, -0.25) is 9.69 Å². The molecular formula is C13H25NO3. The number of ether oxygens (including phenoxy) is 1. The van der Waals surface area contributed by atoms with Crippen LogP contribution >= 0.6 is 0 Å². The van der Waals surface area contributed by atoms with Gasteiger partial charge in [-0.1, -0.05) is 6.42 Å². The Morgan fingerprint density at radius 3 is 2.65 bits per heavy atom. The Hall–Kier alpha value is -0.610. The van der Waals surface area contributed by atoms with Gasteiger partial charge in [-0.15, -0.1) is 0 Å². The first-order valence-electron chi connectivity index (χ1n) is 6.43. The zero-order valence-electron chi connectivity index (χ0n) is 11.4. The van der Waals surface area contributed by atoms with Crippen molar-refractivity contribution in [3.63, 3.8) is 0 Å². The molecule has 0 saturated carbocycles. The van der Waals surface area contributed by atoms with E-state index in [1.54, 1.807) is 6.92 Å². The second-order valence-electron chi connectivity index (χ2n) is 5.86. The summed E-state index contributed by atoms with van der Waals surface area (Å²) in [7, 11) is 0. The van der Waals surface area contributed by atoms with Gasteiger partial charge in [-0.05, 0) is 47.1 Å². The lowest BCUT2D eigenvalue weighted by molar-refractivity contribution is -0.157. The fourth-order valence-electron chi connectivity index (χ4n) is 2.30. The number of esters is 1. The summed E-state index contributed by atoms with van der Waals surface area (Å²) in [5, 5.41) is 9.70. The number of hydrogen-bond donors (Lipinski definition) is 1. The van der Waals surface area contributed by atoms with E-state index < -0.39 is 11.7 Å². The molecule has 1 fully saturated rings. The smallest absolute Gasteiger partial charge is 0.320 e. The first kappa shape index (κ1) is 14.5. The molecule has 100 valence electrons. The van der Waals surface area contributed by atoms with E-state index in [0.29, 0.717) is 0 Å². The van der Waals surface area contributed by atoms with Crippen LogP contribution in [0, 0.1) is 0 Å². The van der Waals surface area contributed by atoms with Crippen molar-refractivity contribution in [2.75, 3.05) is 13.1 Å². The lowest BCUT2D eigenvalue weighted by Crippen LogP contribution is -2.48. The summed E-state index contributed by atoms with van der Waals surface area (Å²) in [5.74, 6) is -0.204. The molecular weight excluding hydrogens is 218 g/mol. The predicted octanol–water partition coefficient (Wildman–Crippen LogP) is 1.56. The molecule has 4 nitrogen and oxygen atoms in total. The molecule has 0 aliphatic carbocycles. The third kappa shape index (κ3) is 5.04. The van der Waals surface area contributed by atoms with Crippen molar-refractivity contribution < 1.29 is 14.6 Å². The largest absolute Gasteiger partial charge is 0.459 e. The second kappa shape index (κ2) is 5.83. The third-order valence-electron chi connectivity index (χ3n) is 2.97. The zero-order valence-corrected chi connectivity index (χ0v) is 11.4. The molecule has 1 heterocycles. The minimum atomic E-state index is -0.437. The predicted molar refractivity (Wildman–Crippen MR) is 66.7 cm³/mol. The molecule has 1 aliphatic heterocycles. The summed E-state index contributed by atoms with van der Waals surface area (Å²) in [6.07, 6.45) is 2.78. The Morgan fingerprint density at radius 2 is 2.12 bits per heavy atom. The van der Waals surface area contributed by atoms with Gasteiger partial charge >= 0.3 is 5.97 Å². The van der Waals surface area contributed by atoms with Crippen LogP contribution in [-0.4, -0.2) is 46.8 Å². The molecule has 0 radical (unpaired) electrons. The van der Waals surface area contributed by atoms with E-state index in [0.717, 1.165) is 25.8 Å². The first-order valence-corrected chi connectivity index (χ1v) is 6.43. The number of rotatable bonds is 3. The molecule has 0 aromatic rings. The number of hydrogen-bond acceptors (Lipinski definition) is 4. The lowest BCUT2D eigenvalue weighted by atomic mass is 9.98. The van der Waals surface area contributed by atoms with E-state index in [-0.39, 0.29) is 18.6 Å². The molecule has 1 saturated heterocycles. The molecule has 1 aliphatic rings. The first-order chi connectivity index (χ1) is 7.79. The number of nitrogens with zero attached hydrogens (tertiary/aromatic N) is 1. The van der Waals surface area contributed by atoms with Gasteiger partial charge in [-0.25, -0.2) is 0 Å². The van der Waals surface area contributed by atoms with Crippen molar-refractivity contribution >= 4 is 5.97 Å². The fraction of sp³-hybridized carbons (Fsp3) is 0.923. The average molecular weight is 243 g/mol. The highest BCUT2D eigenvalue weighted by Crippen LogP contribution is 2.20. The van der Waals surface area contributed by atoms with E-state index in [9.17, 15) is 9.90 Å². The number of likely N-dealkylation sites (tertiary alicyclic amines) is 1. The molecule has 17 heavy (non-hydrogen) atoms. The Kier molecular flexibility index (Phi) is 4.95. The van der Waals surface area contributed by atoms with Crippen LogP contribution in [0.2, 0.25) is 0 Å². The van der Waals surface area contributed by atoms with Crippen LogP contribution in [0.5, 0.6) is 0 Å². The molecule has 2 atom stereocenters. The van der Waals surface area contributed by atoms with Crippen molar-refractivity contribution in [2.45, 2.75) is 64.7 Å². The van der Waals surface area contributed by atoms with E-state index in [1.807, 2.05) is 25.7 Å². The van der Waals surface area contributed by atoms with E-state index in [2.05, 4.69) is 0 Å². The van der Waals surface area contributed by atoms with Gasteiger partial charge in [0.05, 0.1) is 12.6 Å². The molecule has 2 unspecified atom stereocenters. The van der Waals surface area contributed by atoms with Gasteiger partial charge in [0.2, 0.25) is 0 Å². The Labute approximate surface area is 104 Å². The highest BCUT2D eigenvalue weighted by molar-refractivity contribution is 5.72. The molecule has 0 aromatic heterocycles. The van der Waals surface area contributed by atoms with Crippen molar-refractivity contribution in [1.82, 2.24) is 4.90 Å². The Bertz CT molecular complexity index is 258. The van der Waals surface area contributed by atoms with E-state index in [4.69, 9.17) is 4.74 Å². The topological polar surface area (TPSA) is 49.8 Å². The summed E-state index contributed by atoms with van der Waals surface area (Å²) >= 11 is 0. The van der Waals surface area contributed by atoms with E-state index >= 15 is 0 Å². The Morgan fingerprint density at radius 1 is 1.47 bits per heavy atom. The van der Waals surface area contributed by atoms with Crippen molar-refractivity contribution in [3.8, 4) is 0 Å². The summed E-state index contributed by atoms with van der Waals surface area (Å²) in [4.78, 5) is 13.8. The summed E-state index contributed by atoms with van der Waals surface area (Å²) in [6, 6.07) is 0.0938. The summed E-state index contributed by atoms with van der Waals surface area (Å²) in [6.45, 7) is 8.55. The number of aliphatic hydroxyl groups is 1. The van der Waals surface area contributed by atoms with Crippen LogP contribution in [0.4, 0.5) is 0 Å². The normalized spacial score (nSPS) is 24.4. The number of carbonyl (C=O) groups excluding carboxylic acids is 1. The molecule has 1 N–H and O–H groups in total. The molecule has 0 aromatic carbocycles. The number of aliphatic hydroxyl groups excluding tert-OH is 1. The standard InChI is InChI=1S/C13H25NO3/c1-10(15)11-7-5-6-8-14(11)9-12(16)17-13(2,3)4/h10-11,15H,5-9H2,1-4H3. The zero-order chi connectivity index (χ0) is 13.1. The lowest BCUT2D eigenvalue weighted by Gasteiger charge is -2.37. The highest BCUT2D eigenvalue weighted by atomic mass is 16.6. The van der Waals surface area contributed by atoms with Gasteiger partial charge in [0, 0.05) is 6.04 Å². The van der Waals surface area contributed by atoms with Gasteiger partial charge in [-0.2, -0.15) is 0 Å². The second-order valence-corrected chi connectivity index (χ2v) is 5.86. The minimum Gasteiger partial charge on any atom is -0.459 e. The van der Waals surface area contributed by atoms with Crippen molar-refractivity contribution in [2.24, 2.45) is 0 Å². The maximum Gasteiger partial charge on any atom is 0.320 e. The minimum absolute atomic E-state index is 0.0938.